The van der Waals surface area contributed by atoms with Crippen molar-refractivity contribution in [2.75, 3.05) is 0 Å². The van der Waals surface area contributed by atoms with Gasteiger partial charge in [-0.15, -0.1) is 0 Å². The lowest BCUT2D eigenvalue weighted by atomic mass is 10.1. The molecule has 5 rings (SSSR count). The number of allylic oxidation sites excluding steroid dienone is 1. The van der Waals surface area contributed by atoms with Crippen LogP contribution < -0.4 is 10.3 Å². The summed E-state index contributed by atoms with van der Waals surface area (Å²) in [6, 6.07) is 22.2. The molecule has 0 saturated heterocycles. The largest absolute Gasteiger partial charge is 0.438 e. The van der Waals surface area contributed by atoms with E-state index in [1.807, 2.05) is 48.0 Å². The molecule has 2 aromatic carbocycles. The third-order valence-electron chi connectivity index (χ3n) is 5.20. The van der Waals surface area contributed by atoms with E-state index in [2.05, 4.69) is 32.0 Å². The first kappa shape index (κ1) is 20.7. The molecule has 33 heavy (non-hydrogen) atoms. The topological polar surface area (TPSA) is 85.2 Å². The number of hydrogen-bond acceptors (Lipinski definition) is 5. The molecular formula is C25H16BrN5O2. The van der Waals surface area contributed by atoms with Crippen molar-refractivity contribution in [1.82, 2.24) is 18.9 Å². The number of nitrogens with zero attached hydrogens (tertiary/aromatic N) is 5. The summed E-state index contributed by atoms with van der Waals surface area (Å²) in [6.07, 6.45) is 3.12. The lowest BCUT2D eigenvalue weighted by Gasteiger charge is -2.10. The number of imidazole rings is 1. The van der Waals surface area contributed by atoms with E-state index in [9.17, 15) is 10.1 Å². The van der Waals surface area contributed by atoms with Crippen LogP contribution in [0.2, 0.25) is 0 Å². The smallest absolute Gasteiger partial charge is 0.269 e. The van der Waals surface area contributed by atoms with Crippen LogP contribution in [0.15, 0.2) is 82.2 Å². The van der Waals surface area contributed by atoms with Crippen molar-refractivity contribution >= 4 is 44.3 Å². The molecule has 0 unspecified atom stereocenters. The van der Waals surface area contributed by atoms with Gasteiger partial charge in [-0.2, -0.15) is 10.2 Å². The highest BCUT2D eigenvalue weighted by Gasteiger charge is 2.18. The fraction of sp³-hybridized carbons (Fsp3) is 0.0400. The zero-order chi connectivity index (χ0) is 22.9. The second kappa shape index (κ2) is 8.37. The molecule has 0 amide bonds. The van der Waals surface area contributed by atoms with Crippen LogP contribution in [0.4, 0.5) is 0 Å². The summed E-state index contributed by atoms with van der Waals surface area (Å²) >= 11 is 3.40. The third kappa shape index (κ3) is 3.79. The van der Waals surface area contributed by atoms with Crippen LogP contribution in [0.3, 0.4) is 0 Å². The van der Waals surface area contributed by atoms with Crippen molar-refractivity contribution in [3.63, 3.8) is 0 Å². The number of para-hydroxylation sites is 2. The molecule has 7 nitrogen and oxygen atoms in total. The van der Waals surface area contributed by atoms with Gasteiger partial charge >= 0.3 is 0 Å². The van der Waals surface area contributed by atoms with Crippen LogP contribution in [0, 0.1) is 11.3 Å². The molecule has 0 saturated carbocycles. The Labute approximate surface area is 197 Å². The highest BCUT2D eigenvalue weighted by atomic mass is 79.9. The Morgan fingerprint density at radius 1 is 1.06 bits per heavy atom. The number of halogens is 1. The van der Waals surface area contributed by atoms with Gasteiger partial charge in [-0.25, -0.2) is 4.98 Å². The Bertz CT molecular complexity index is 1640. The second-order valence-corrected chi connectivity index (χ2v) is 8.19. The monoisotopic (exact) mass is 497 g/mol. The fourth-order valence-corrected chi connectivity index (χ4v) is 3.84. The maximum absolute atomic E-state index is 13.4. The predicted molar refractivity (Wildman–Crippen MR) is 130 cm³/mol. The lowest BCUT2D eigenvalue weighted by Crippen LogP contribution is -2.18. The molecule has 0 aliphatic carbocycles. The minimum absolute atomic E-state index is 0.111. The molecular weight excluding hydrogens is 482 g/mol. The lowest BCUT2D eigenvalue weighted by molar-refractivity contribution is 0.461. The van der Waals surface area contributed by atoms with Gasteiger partial charge in [-0.1, -0.05) is 34.1 Å². The van der Waals surface area contributed by atoms with Gasteiger partial charge in [0.25, 0.3) is 5.56 Å². The highest BCUT2D eigenvalue weighted by molar-refractivity contribution is 9.10. The van der Waals surface area contributed by atoms with E-state index in [0.29, 0.717) is 17.2 Å². The summed E-state index contributed by atoms with van der Waals surface area (Å²) in [5.41, 5.74) is 2.12. The van der Waals surface area contributed by atoms with Crippen molar-refractivity contribution in [3.8, 4) is 17.7 Å². The summed E-state index contributed by atoms with van der Waals surface area (Å²) in [6.45, 7) is 0. The summed E-state index contributed by atoms with van der Waals surface area (Å²) in [4.78, 5) is 22.5. The normalized spacial score (nSPS) is 11.6. The second-order valence-electron chi connectivity index (χ2n) is 7.27. The average Bonchev–Trinajstić information content (AvgIpc) is 3.17. The molecule has 0 fully saturated rings. The number of pyridine rings is 1. The minimum atomic E-state index is -0.348. The molecule has 0 aliphatic rings. The van der Waals surface area contributed by atoms with E-state index in [-0.39, 0.29) is 22.6 Å². The van der Waals surface area contributed by atoms with Gasteiger partial charge in [0.05, 0.1) is 16.6 Å². The first-order valence-electron chi connectivity index (χ1n) is 10.0. The zero-order valence-corrected chi connectivity index (χ0v) is 19.0. The highest BCUT2D eigenvalue weighted by Crippen LogP contribution is 2.27. The number of aromatic nitrogens is 4. The molecule has 0 aliphatic heterocycles. The molecule has 0 bridgehead atoms. The Hall–Kier alpha value is -4.22. The number of hydrogen-bond donors (Lipinski definition) is 0. The van der Waals surface area contributed by atoms with Gasteiger partial charge < -0.3 is 9.30 Å². The fourth-order valence-electron chi connectivity index (χ4n) is 3.58. The standard InChI is InChI=1S/C25H16BrN5O2/c1-30-21-7-3-2-6-20(21)28-23(30)16(15-27)14-19-24(33-18-11-9-17(26)10-12-18)29-22-8-4-5-13-31(22)25(19)32/h2-14H,1H3. The molecule has 0 spiro atoms. The van der Waals surface area contributed by atoms with Crippen molar-refractivity contribution in [2.45, 2.75) is 0 Å². The van der Waals surface area contributed by atoms with E-state index >= 15 is 0 Å². The van der Waals surface area contributed by atoms with Crippen LogP contribution in [0.25, 0.3) is 28.3 Å². The summed E-state index contributed by atoms with van der Waals surface area (Å²) in [5.74, 6) is 1.08. The van der Waals surface area contributed by atoms with E-state index < -0.39 is 0 Å². The molecule has 0 radical (unpaired) electrons. The molecule has 5 aromatic rings. The van der Waals surface area contributed by atoms with Gasteiger partial charge in [0.2, 0.25) is 5.88 Å². The molecule has 160 valence electrons. The van der Waals surface area contributed by atoms with Crippen molar-refractivity contribution in [1.29, 1.82) is 5.26 Å². The van der Waals surface area contributed by atoms with Crippen molar-refractivity contribution in [3.05, 3.63) is 99.1 Å². The summed E-state index contributed by atoms with van der Waals surface area (Å²) in [5, 5.41) is 9.96. The maximum atomic E-state index is 13.4. The van der Waals surface area contributed by atoms with Crippen molar-refractivity contribution in [2.24, 2.45) is 7.05 Å². The number of nitriles is 1. The Morgan fingerprint density at radius 3 is 2.58 bits per heavy atom. The SMILES string of the molecule is Cn1c(C(C#N)=Cc2c(Oc3ccc(Br)cc3)nc3ccccn3c2=O)nc2ccccc21. The van der Waals surface area contributed by atoms with E-state index in [1.165, 1.54) is 10.5 Å². The van der Waals surface area contributed by atoms with Gasteiger partial charge in [0, 0.05) is 17.7 Å². The number of aryl methyl sites for hydroxylation is 1. The first-order chi connectivity index (χ1) is 16.0. The van der Waals surface area contributed by atoms with Crippen molar-refractivity contribution < 1.29 is 4.74 Å². The molecule has 8 heteroatoms. The number of ether oxygens (including phenoxy) is 1. The van der Waals surface area contributed by atoms with Gasteiger partial charge in [0.1, 0.15) is 23.0 Å². The minimum Gasteiger partial charge on any atom is -0.438 e. The van der Waals surface area contributed by atoms with E-state index in [1.54, 1.807) is 36.5 Å². The predicted octanol–water partition coefficient (Wildman–Crippen LogP) is 5.20. The first-order valence-corrected chi connectivity index (χ1v) is 10.8. The summed E-state index contributed by atoms with van der Waals surface area (Å²) < 4.78 is 10.1. The van der Waals surface area contributed by atoms with E-state index in [0.717, 1.165) is 15.5 Å². The van der Waals surface area contributed by atoms with Crippen LogP contribution in [0.1, 0.15) is 11.4 Å². The van der Waals surface area contributed by atoms with Crippen LogP contribution in [-0.4, -0.2) is 18.9 Å². The quantitative estimate of drug-likeness (QED) is 0.318. The van der Waals surface area contributed by atoms with Gasteiger partial charge in [0.15, 0.2) is 5.82 Å². The third-order valence-corrected chi connectivity index (χ3v) is 5.73. The zero-order valence-electron chi connectivity index (χ0n) is 17.4. The summed E-state index contributed by atoms with van der Waals surface area (Å²) in [7, 11) is 1.83. The van der Waals surface area contributed by atoms with E-state index in [4.69, 9.17) is 4.74 Å². The number of rotatable bonds is 4. The Morgan fingerprint density at radius 2 is 1.82 bits per heavy atom. The Kier molecular flexibility index (Phi) is 5.24. The number of fused-ring (bicyclic) bond motifs is 2. The molecule has 3 heterocycles. The average molecular weight is 498 g/mol. The molecule has 3 aromatic heterocycles. The number of benzene rings is 2. The van der Waals surface area contributed by atoms with Crippen LogP contribution >= 0.6 is 15.9 Å². The molecule has 0 atom stereocenters. The van der Waals surface area contributed by atoms with Crippen LogP contribution in [-0.2, 0) is 7.05 Å². The maximum Gasteiger partial charge on any atom is 0.269 e. The van der Waals surface area contributed by atoms with Gasteiger partial charge in [-0.3, -0.25) is 9.20 Å². The van der Waals surface area contributed by atoms with Crippen LogP contribution in [0.5, 0.6) is 11.6 Å². The molecule has 0 N–H and O–H groups in total. The van der Waals surface area contributed by atoms with Gasteiger partial charge in [-0.05, 0) is 54.6 Å². The Balaban J connectivity index is 1.72.